The zero-order valence-corrected chi connectivity index (χ0v) is 18.4. The first-order valence-electron chi connectivity index (χ1n) is 10.1. The van der Waals surface area contributed by atoms with E-state index in [-0.39, 0.29) is 29.0 Å². The van der Waals surface area contributed by atoms with Crippen molar-refractivity contribution in [3.05, 3.63) is 84.2 Å². The van der Waals surface area contributed by atoms with Crippen LogP contribution in [0, 0.1) is 0 Å². The number of carbonyl (C=O) groups is 3. The maximum atomic E-state index is 12.7. The molecule has 2 aromatic carbocycles. The van der Waals surface area contributed by atoms with Crippen LogP contribution < -0.4 is 9.46 Å². The molecule has 2 N–H and O–H groups in total. The van der Waals surface area contributed by atoms with Crippen molar-refractivity contribution in [1.82, 2.24) is 14.6 Å². The van der Waals surface area contributed by atoms with Crippen LogP contribution >= 0.6 is 0 Å². The minimum absolute atomic E-state index is 0.165. The van der Waals surface area contributed by atoms with E-state index in [0.29, 0.717) is 11.5 Å². The Morgan fingerprint density at radius 3 is 2.06 bits per heavy atom. The molecule has 0 saturated carbocycles. The maximum Gasteiger partial charge on any atom is 0.321 e. The second kappa shape index (κ2) is 9.41. The molecule has 1 atom stereocenters. The fourth-order valence-corrected chi connectivity index (χ4v) is 4.64. The molecule has 1 aromatic heterocycles. The predicted molar refractivity (Wildman–Crippen MR) is 119 cm³/mol. The minimum Gasteiger partial charge on any atom is -0.480 e. The van der Waals surface area contributed by atoms with Gasteiger partial charge in [-0.15, -0.1) is 0 Å². The van der Waals surface area contributed by atoms with Crippen LogP contribution in [0.5, 0.6) is 11.5 Å². The third-order valence-electron chi connectivity index (χ3n) is 5.13. The summed E-state index contributed by atoms with van der Waals surface area (Å²) in [6.45, 7) is -0.259. The van der Waals surface area contributed by atoms with Gasteiger partial charge in [0.05, 0.1) is 16.0 Å². The highest BCUT2D eigenvalue weighted by atomic mass is 32.2. The topological polar surface area (TPSA) is 143 Å². The number of aliphatic carboxylic acids is 1. The number of fused-ring (bicyclic) bond motifs is 1. The molecule has 3 aromatic rings. The lowest BCUT2D eigenvalue weighted by Crippen LogP contribution is -2.43. The van der Waals surface area contributed by atoms with Gasteiger partial charge in [0, 0.05) is 18.9 Å². The van der Waals surface area contributed by atoms with Gasteiger partial charge >= 0.3 is 5.97 Å². The van der Waals surface area contributed by atoms with Gasteiger partial charge in [-0.2, -0.15) is 4.72 Å². The summed E-state index contributed by atoms with van der Waals surface area (Å²) >= 11 is 0. The number of ether oxygens (including phenoxy) is 1. The van der Waals surface area contributed by atoms with Crippen LogP contribution in [-0.2, 0) is 14.8 Å². The third kappa shape index (κ3) is 4.80. The lowest BCUT2D eigenvalue weighted by Gasteiger charge is -2.19. The second-order valence-corrected chi connectivity index (χ2v) is 9.08. The van der Waals surface area contributed by atoms with Gasteiger partial charge in [0.25, 0.3) is 11.8 Å². The summed E-state index contributed by atoms with van der Waals surface area (Å²) in [5, 5.41) is 9.53. The number of carbonyl (C=O) groups excluding carboxylic acids is 2. The number of aromatic nitrogens is 1. The normalized spacial score (nSPS) is 14.1. The van der Waals surface area contributed by atoms with E-state index >= 15 is 0 Å². The van der Waals surface area contributed by atoms with Crippen LogP contribution in [-0.4, -0.2) is 53.8 Å². The van der Waals surface area contributed by atoms with Gasteiger partial charge in [-0.25, -0.2) is 8.42 Å². The van der Waals surface area contributed by atoms with E-state index in [1.165, 1.54) is 36.4 Å². The monoisotopic (exact) mass is 481 g/mol. The first-order chi connectivity index (χ1) is 16.3. The molecule has 10 nitrogen and oxygen atoms in total. The highest BCUT2D eigenvalue weighted by Crippen LogP contribution is 2.24. The molecule has 11 heteroatoms. The average molecular weight is 481 g/mol. The molecule has 1 aliphatic heterocycles. The number of sulfonamides is 1. The Bertz CT molecular complexity index is 1310. The molecule has 4 rings (SSSR count). The summed E-state index contributed by atoms with van der Waals surface area (Å²) < 4.78 is 33.2. The van der Waals surface area contributed by atoms with Crippen molar-refractivity contribution < 1.29 is 32.6 Å². The molecule has 1 aliphatic rings. The van der Waals surface area contributed by atoms with E-state index in [0.717, 1.165) is 4.90 Å². The van der Waals surface area contributed by atoms with E-state index in [9.17, 15) is 27.9 Å². The van der Waals surface area contributed by atoms with Gasteiger partial charge in [0.1, 0.15) is 17.5 Å². The number of benzene rings is 2. The van der Waals surface area contributed by atoms with Crippen LogP contribution in [0.1, 0.15) is 27.1 Å². The molecule has 34 heavy (non-hydrogen) atoms. The molecular formula is C23H19N3O7S. The number of hydrogen-bond donors (Lipinski definition) is 2. The van der Waals surface area contributed by atoms with Crippen LogP contribution in [0.3, 0.4) is 0 Å². The Morgan fingerprint density at radius 1 is 0.941 bits per heavy atom. The predicted octanol–water partition coefficient (Wildman–Crippen LogP) is 2.29. The Kier molecular flexibility index (Phi) is 6.39. The van der Waals surface area contributed by atoms with E-state index in [1.54, 1.807) is 36.7 Å². The molecule has 0 saturated heterocycles. The van der Waals surface area contributed by atoms with Crippen LogP contribution in [0.4, 0.5) is 0 Å². The largest absolute Gasteiger partial charge is 0.480 e. The molecule has 2 heterocycles. The Morgan fingerprint density at radius 2 is 1.50 bits per heavy atom. The van der Waals surface area contributed by atoms with Gasteiger partial charge in [-0.05, 0) is 55.0 Å². The second-order valence-electron chi connectivity index (χ2n) is 7.36. The highest BCUT2D eigenvalue weighted by molar-refractivity contribution is 7.89. The van der Waals surface area contributed by atoms with Crippen LogP contribution in [0.2, 0.25) is 0 Å². The number of rotatable bonds is 9. The molecule has 0 spiro atoms. The van der Waals surface area contributed by atoms with Crippen molar-refractivity contribution in [3.8, 4) is 11.5 Å². The smallest absolute Gasteiger partial charge is 0.321 e. The van der Waals surface area contributed by atoms with E-state index in [2.05, 4.69) is 9.71 Å². The van der Waals surface area contributed by atoms with Crippen molar-refractivity contribution in [2.75, 3.05) is 6.54 Å². The van der Waals surface area contributed by atoms with Gasteiger partial charge in [0.2, 0.25) is 10.0 Å². The third-order valence-corrected chi connectivity index (χ3v) is 6.62. The number of nitrogens with one attached hydrogen (secondary N) is 1. The summed E-state index contributed by atoms with van der Waals surface area (Å²) in [5.41, 5.74) is 0.461. The first kappa shape index (κ1) is 23.1. The number of amides is 2. The fraction of sp³-hybridized carbons (Fsp3) is 0.130. The summed E-state index contributed by atoms with van der Waals surface area (Å²) in [6, 6.07) is 13.4. The quantitative estimate of drug-likeness (QED) is 0.443. The van der Waals surface area contributed by atoms with Crippen molar-refractivity contribution in [1.29, 1.82) is 0 Å². The molecule has 0 fully saturated rings. The average Bonchev–Trinajstić information content (AvgIpc) is 3.07. The van der Waals surface area contributed by atoms with Gasteiger partial charge in [-0.3, -0.25) is 24.3 Å². The number of nitrogens with zero attached hydrogens (tertiary/aromatic N) is 2. The van der Waals surface area contributed by atoms with Gasteiger partial charge in [0.15, 0.2) is 0 Å². The molecule has 2 amide bonds. The van der Waals surface area contributed by atoms with Crippen LogP contribution in [0.25, 0.3) is 0 Å². The summed E-state index contributed by atoms with van der Waals surface area (Å²) in [5.74, 6) is -1.62. The fourth-order valence-electron chi connectivity index (χ4n) is 3.42. The Labute approximate surface area is 194 Å². The number of pyridine rings is 1. The zero-order chi connectivity index (χ0) is 24.3. The van der Waals surface area contributed by atoms with Gasteiger partial charge in [-0.1, -0.05) is 12.1 Å². The van der Waals surface area contributed by atoms with E-state index in [4.69, 9.17) is 4.74 Å². The minimum atomic E-state index is -4.21. The first-order valence-corrected chi connectivity index (χ1v) is 11.6. The van der Waals surface area contributed by atoms with Crippen molar-refractivity contribution in [2.24, 2.45) is 0 Å². The molecular weight excluding hydrogens is 462 g/mol. The SMILES string of the molecule is O=C(O)C(CCN1C(=O)c2ccccc2C1=O)NS(=O)(=O)c1ccc(Oc2ccncc2)cc1. The van der Waals surface area contributed by atoms with E-state index in [1.807, 2.05) is 0 Å². The zero-order valence-electron chi connectivity index (χ0n) is 17.6. The Balaban J connectivity index is 1.42. The number of imide groups is 1. The summed E-state index contributed by atoms with van der Waals surface area (Å²) in [4.78, 5) is 41.3. The molecule has 0 radical (unpaired) electrons. The van der Waals surface area contributed by atoms with Crippen LogP contribution in [0.15, 0.2) is 78.0 Å². The molecule has 174 valence electrons. The molecule has 1 unspecified atom stereocenters. The lowest BCUT2D eigenvalue weighted by atomic mass is 10.1. The highest BCUT2D eigenvalue weighted by Gasteiger charge is 2.36. The number of carboxylic acid groups (broad SMARTS) is 1. The molecule has 0 aliphatic carbocycles. The van der Waals surface area contributed by atoms with Crippen molar-refractivity contribution in [2.45, 2.75) is 17.4 Å². The number of carboxylic acids is 1. The molecule has 0 bridgehead atoms. The summed E-state index contributed by atoms with van der Waals surface area (Å²) in [6.07, 6.45) is 2.79. The summed E-state index contributed by atoms with van der Waals surface area (Å²) in [7, 11) is -4.21. The van der Waals surface area contributed by atoms with Crippen molar-refractivity contribution >= 4 is 27.8 Å². The standard InChI is InChI=1S/C23H19N3O7S/c27-21-18-3-1-2-4-19(18)22(28)26(21)14-11-20(23(29)30)25-34(31,32)17-7-5-15(6-8-17)33-16-9-12-24-13-10-16/h1-10,12-13,20,25H,11,14H2,(H,29,30). The lowest BCUT2D eigenvalue weighted by molar-refractivity contribution is -0.139. The Hall–Kier alpha value is -4.09. The number of hydrogen-bond acceptors (Lipinski definition) is 7. The van der Waals surface area contributed by atoms with Crippen molar-refractivity contribution in [3.63, 3.8) is 0 Å². The maximum absolute atomic E-state index is 12.7. The van der Waals surface area contributed by atoms with E-state index < -0.39 is 33.8 Å². The van der Waals surface area contributed by atoms with Gasteiger partial charge < -0.3 is 9.84 Å².